The molecule has 194 valence electrons. The SMILES string of the molecule is CCn1c(=O)c(C(=O)CN2CCCC[C@@H]2C(=O)N2CCCCC2)c(N)n(Cc2ccc(F)cc2)c1=O. The van der Waals surface area contributed by atoms with Gasteiger partial charge in [-0.15, -0.1) is 0 Å². The summed E-state index contributed by atoms with van der Waals surface area (Å²) in [5.74, 6) is -1.09. The van der Waals surface area contributed by atoms with Gasteiger partial charge in [-0.3, -0.25) is 28.4 Å². The Bertz CT molecular complexity index is 1230. The van der Waals surface area contributed by atoms with Crippen molar-refractivity contribution in [3.63, 3.8) is 0 Å². The highest BCUT2D eigenvalue weighted by Gasteiger charge is 2.34. The monoisotopic (exact) mass is 499 g/mol. The van der Waals surface area contributed by atoms with Crippen LogP contribution in [0.5, 0.6) is 0 Å². The fourth-order valence-electron chi connectivity index (χ4n) is 5.23. The molecule has 2 saturated heterocycles. The topological polar surface area (TPSA) is 111 Å². The molecule has 1 amide bonds. The molecule has 2 aliphatic heterocycles. The number of aromatic nitrogens is 2. The minimum Gasteiger partial charge on any atom is -0.384 e. The molecule has 0 unspecified atom stereocenters. The largest absolute Gasteiger partial charge is 0.384 e. The van der Waals surface area contributed by atoms with Gasteiger partial charge in [0.25, 0.3) is 5.56 Å². The number of ketones is 1. The van der Waals surface area contributed by atoms with E-state index < -0.39 is 28.9 Å². The number of hydrogen-bond donors (Lipinski definition) is 1. The Morgan fingerprint density at radius 1 is 0.972 bits per heavy atom. The molecular weight excluding hydrogens is 465 g/mol. The van der Waals surface area contributed by atoms with Gasteiger partial charge in [-0.05, 0) is 63.3 Å². The van der Waals surface area contributed by atoms with Crippen molar-refractivity contribution < 1.29 is 14.0 Å². The Balaban J connectivity index is 1.64. The molecule has 2 fully saturated rings. The van der Waals surface area contributed by atoms with E-state index in [1.54, 1.807) is 6.92 Å². The summed E-state index contributed by atoms with van der Waals surface area (Å²) in [4.78, 5) is 56.6. The van der Waals surface area contributed by atoms with Gasteiger partial charge in [-0.1, -0.05) is 18.6 Å². The summed E-state index contributed by atoms with van der Waals surface area (Å²) in [6, 6.07) is 5.19. The maximum absolute atomic E-state index is 13.5. The fourth-order valence-corrected chi connectivity index (χ4v) is 5.23. The summed E-state index contributed by atoms with van der Waals surface area (Å²) in [5.41, 5.74) is 5.27. The third kappa shape index (κ3) is 5.28. The van der Waals surface area contributed by atoms with E-state index in [-0.39, 0.29) is 36.9 Å². The van der Waals surface area contributed by atoms with Gasteiger partial charge in [-0.25, -0.2) is 9.18 Å². The van der Waals surface area contributed by atoms with E-state index in [1.165, 1.54) is 28.8 Å². The predicted octanol–water partition coefficient (Wildman–Crippen LogP) is 1.85. The van der Waals surface area contributed by atoms with Gasteiger partial charge in [0.1, 0.15) is 17.2 Å². The Kier molecular flexibility index (Phi) is 8.03. The van der Waals surface area contributed by atoms with Gasteiger partial charge in [0.15, 0.2) is 5.78 Å². The number of carbonyl (C=O) groups excluding carboxylic acids is 2. The number of piperidine rings is 2. The first-order valence-corrected chi connectivity index (χ1v) is 12.8. The van der Waals surface area contributed by atoms with Crippen LogP contribution in [0.4, 0.5) is 10.2 Å². The molecule has 1 aromatic carbocycles. The molecule has 0 radical (unpaired) electrons. The van der Waals surface area contributed by atoms with E-state index in [2.05, 4.69) is 0 Å². The van der Waals surface area contributed by atoms with Crippen molar-refractivity contribution in [1.82, 2.24) is 18.9 Å². The Morgan fingerprint density at radius 3 is 2.31 bits per heavy atom. The zero-order chi connectivity index (χ0) is 25.8. The average Bonchev–Trinajstić information content (AvgIpc) is 2.88. The Morgan fingerprint density at radius 2 is 1.64 bits per heavy atom. The third-order valence-electron chi connectivity index (χ3n) is 7.23. The second kappa shape index (κ2) is 11.2. The number of nitrogens with two attached hydrogens (primary N) is 1. The molecule has 2 aromatic rings. The average molecular weight is 500 g/mol. The van der Waals surface area contributed by atoms with E-state index in [0.717, 1.165) is 49.8 Å². The number of hydrogen-bond acceptors (Lipinski definition) is 6. The van der Waals surface area contributed by atoms with Gasteiger partial charge < -0.3 is 10.6 Å². The van der Waals surface area contributed by atoms with Gasteiger partial charge in [0.05, 0.1) is 19.1 Å². The second-order valence-electron chi connectivity index (χ2n) is 9.60. The molecule has 2 N–H and O–H groups in total. The first kappa shape index (κ1) is 25.8. The van der Waals surface area contributed by atoms with Crippen LogP contribution < -0.4 is 17.0 Å². The molecule has 0 spiro atoms. The summed E-state index contributed by atoms with van der Waals surface area (Å²) in [6.45, 7) is 3.63. The third-order valence-corrected chi connectivity index (χ3v) is 7.23. The zero-order valence-electron chi connectivity index (χ0n) is 20.7. The number of carbonyl (C=O) groups is 2. The highest BCUT2D eigenvalue weighted by Crippen LogP contribution is 2.22. The lowest BCUT2D eigenvalue weighted by atomic mass is 9.98. The Hall–Kier alpha value is -3.27. The van der Waals surface area contributed by atoms with Crippen molar-refractivity contribution in [2.45, 2.75) is 64.6 Å². The minimum absolute atomic E-state index is 0.00864. The molecule has 1 atom stereocenters. The summed E-state index contributed by atoms with van der Waals surface area (Å²) in [7, 11) is 0. The number of halogens is 1. The van der Waals surface area contributed by atoms with Crippen molar-refractivity contribution in [2.24, 2.45) is 0 Å². The number of benzene rings is 1. The number of nitrogen functional groups attached to an aromatic ring is 1. The maximum Gasteiger partial charge on any atom is 0.332 e. The maximum atomic E-state index is 13.5. The summed E-state index contributed by atoms with van der Waals surface area (Å²) < 4.78 is 15.5. The van der Waals surface area contributed by atoms with Crippen LogP contribution in [0.15, 0.2) is 33.9 Å². The fraction of sp³-hybridized carbons (Fsp3) is 0.538. The molecule has 0 saturated carbocycles. The highest BCUT2D eigenvalue weighted by atomic mass is 19.1. The molecule has 0 bridgehead atoms. The first-order chi connectivity index (χ1) is 17.3. The van der Waals surface area contributed by atoms with Crippen molar-refractivity contribution in [2.75, 3.05) is 31.9 Å². The van der Waals surface area contributed by atoms with Crippen molar-refractivity contribution in [1.29, 1.82) is 0 Å². The van der Waals surface area contributed by atoms with Crippen LogP contribution in [-0.2, 0) is 17.9 Å². The number of likely N-dealkylation sites (tertiary alicyclic amines) is 2. The number of anilines is 1. The first-order valence-electron chi connectivity index (χ1n) is 12.8. The van der Waals surface area contributed by atoms with Crippen LogP contribution in [0.3, 0.4) is 0 Å². The van der Waals surface area contributed by atoms with E-state index in [4.69, 9.17) is 5.73 Å². The molecule has 10 heteroatoms. The highest BCUT2D eigenvalue weighted by molar-refractivity contribution is 6.01. The van der Waals surface area contributed by atoms with Gasteiger partial charge in [-0.2, -0.15) is 0 Å². The van der Waals surface area contributed by atoms with Crippen LogP contribution in [0, 0.1) is 5.82 Å². The van der Waals surface area contributed by atoms with Crippen molar-refractivity contribution in [3.8, 4) is 0 Å². The predicted molar refractivity (Wildman–Crippen MR) is 135 cm³/mol. The van der Waals surface area contributed by atoms with E-state index >= 15 is 0 Å². The molecule has 9 nitrogen and oxygen atoms in total. The van der Waals surface area contributed by atoms with Crippen LogP contribution in [0.25, 0.3) is 0 Å². The van der Waals surface area contributed by atoms with E-state index in [1.807, 2.05) is 9.80 Å². The van der Waals surface area contributed by atoms with Gasteiger partial charge >= 0.3 is 5.69 Å². The standard InChI is InChI=1S/C26H34FN5O4/c1-2-31-25(35)22(23(28)32(26(31)36)16-18-9-11-19(27)12-10-18)21(33)17-30-15-7-4-8-20(30)24(34)29-13-5-3-6-14-29/h9-12,20H,2-8,13-17,28H2,1H3/t20-/m1/s1. The smallest absolute Gasteiger partial charge is 0.332 e. The molecule has 0 aliphatic carbocycles. The van der Waals surface area contributed by atoms with E-state index in [0.29, 0.717) is 18.5 Å². The number of Topliss-reactive ketones (excluding diaryl/α,β-unsaturated/α-hetero) is 1. The number of amides is 1. The Labute approximate surface area is 209 Å². The van der Waals surface area contributed by atoms with Crippen molar-refractivity contribution >= 4 is 17.5 Å². The van der Waals surface area contributed by atoms with Crippen LogP contribution in [0.2, 0.25) is 0 Å². The molecule has 3 heterocycles. The normalized spacial score (nSPS) is 18.8. The molecule has 2 aliphatic rings. The lowest BCUT2D eigenvalue weighted by molar-refractivity contribution is -0.138. The van der Waals surface area contributed by atoms with Gasteiger partial charge in [0.2, 0.25) is 5.91 Å². The van der Waals surface area contributed by atoms with Gasteiger partial charge in [0, 0.05) is 19.6 Å². The lowest BCUT2D eigenvalue weighted by Crippen LogP contribution is -2.53. The second-order valence-corrected chi connectivity index (χ2v) is 9.60. The summed E-state index contributed by atoms with van der Waals surface area (Å²) >= 11 is 0. The molecule has 1 aromatic heterocycles. The number of nitrogens with zero attached hydrogens (tertiary/aromatic N) is 4. The quantitative estimate of drug-likeness (QED) is 0.582. The molecule has 36 heavy (non-hydrogen) atoms. The molecular formula is C26H34FN5O4. The summed E-state index contributed by atoms with van der Waals surface area (Å²) in [5, 5.41) is 0. The van der Waals surface area contributed by atoms with Crippen LogP contribution >= 0.6 is 0 Å². The lowest BCUT2D eigenvalue weighted by Gasteiger charge is -2.38. The van der Waals surface area contributed by atoms with Crippen molar-refractivity contribution in [3.05, 3.63) is 62.0 Å². The van der Waals surface area contributed by atoms with Crippen LogP contribution in [-0.4, -0.2) is 62.8 Å². The zero-order valence-corrected chi connectivity index (χ0v) is 20.7. The minimum atomic E-state index is -0.726. The molecule has 4 rings (SSSR count). The van der Waals surface area contributed by atoms with Crippen LogP contribution in [0.1, 0.15) is 61.4 Å². The number of rotatable bonds is 7. The summed E-state index contributed by atoms with van der Waals surface area (Å²) in [6.07, 6.45) is 5.52. The van der Waals surface area contributed by atoms with E-state index in [9.17, 15) is 23.6 Å².